The molecule has 0 unspecified atom stereocenters. The number of aromatic nitrogens is 2. The van der Waals surface area contributed by atoms with Crippen LogP contribution in [0.5, 0.6) is 5.75 Å². The average molecular weight is 376 g/mol. The fourth-order valence-electron chi connectivity index (χ4n) is 3.98. The number of aryl methyl sites for hydroxylation is 2. The van der Waals surface area contributed by atoms with Gasteiger partial charge in [-0.2, -0.15) is 5.10 Å². The van der Waals surface area contributed by atoms with Gasteiger partial charge in [0.2, 0.25) is 0 Å². The summed E-state index contributed by atoms with van der Waals surface area (Å²) in [6, 6.07) is 13.1. The van der Waals surface area contributed by atoms with Crippen LogP contribution in [0.1, 0.15) is 37.9 Å². The lowest BCUT2D eigenvalue weighted by Gasteiger charge is -2.17. The smallest absolute Gasteiger partial charge is 0.123 e. The molecule has 2 heterocycles. The minimum Gasteiger partial charge on any atom is -0.497 e. The molecule has 0 fully saturated rings. The lowest BCUT2D eigenvalue weighted by Crippen LogP contribution is -2.04. The molecule has 0 aliphatic heterocycles. The Balaban J connectivity index is 2.13. The van der Waals surface area contributed by atoms with Gasteiger partial charge in [-0.25, -0.2) is 8.91 Å². The molecule has 0 saturated carbocycles. The van der Waals surface area contributed by atoms with Crippen molar-refractivity contribution in [3.05, 3.63) is 65.7 Å². The Kier molecular flexibility index (Phi) is 5.03. The summed E-state index contributed by atoms with van der Waals surface area (Å²) in [5.74, 6) is 0.591. The monoisotopic (exact) mass is 376 g/mol. The molecule has 0 N–H and O–H groups in total. The minimum atomic E-state index is -0.217. The van der Waals surface area contributed by atoms with Crippen LogP contribution in [0.25, 0.3) is 27.4 Å². The third-order valence-corrected chi connectivity index (χ3v) is 5.42. The molecule has 0 saturated heterocycles. The first-order valence-electron chi connectivity index (χ1n) is 9.93. The topological polar surface area (TPSA) is 26.5 Å². The SMILES string of the molecule is CCCCc1c(-c2ccc(OC)cc2)c2cc(F)ccc2c2c(CC)cnn12. The molecule has 28 heavy (non-hydrogen) atoms. The zero-order valence-electron chi connectivity index (χ0n) is 16.6. The first kappa shape index (κ1) is 18.5. The molecule has 0 aliphatic carbocycles. The third-order valence-electron chi connectivity index (χ3n) is 5.42. The number of benzene rings is 2. The third kappa shape index (κ3) is 3.03. The zero-order chi connectivity index (χ0) is 19.7. The van der Waals surface area contributed by atoms with Crippen LogP contribution in [0.15, 0.2) is 48.7 Å². The van der Waals surface area contributed by atoms with Crippen molar-refractivity contribution in [3.63, 3.8) is 0 Å². The van der Waals surface area contributed by atoms with Gasteiger partial charge < -0.3 is 4.74 Å². The Hall–Kier alpha value is -2.88. The van der Waals surface area contributed by atoms with E-state index in [-0.39, 0.29) is 5.82 Å². The van der Waals surface area contributed by atoms with Crippen LogP contribution in [0, 0.1) is 5.82 Å². The van der Waals surface area contributed by atoms with Crippen molar-refractivity contribution in [3.8, 4) is 16.9 Å². The molecule has 4 rings (SSSR count). The van der Waals surface area contributed by atoms with E-state index in [9.17, 15) is 4.39 Å². The first-order chi connectivity index (χ1) is 13.7. The minimum absolute atomic E-state index is 0.217. The number of hydrogen-bond acceptors (Lipinski definition) is 2. The summed E-state index contributed by atoms with van der Waals surface area (Å²) in [6.45, 7) is 4.32. The van der Waals surface area contributed by atoms with Gasteiger partial charge in [0, 0.05) is 10.9 Å². The molecule has 0 spiro atoms. The van der Waals surface area contributed by atoms with Gasteiger partial charge in [0.05, 0.1) is 24.5 Å². The summed E-state index contributed by atoms with van der Waals surface area (Å²) in [6.07, 6.45) is 5.88. The van der Waals surface area contributed by atoms with Crippen LogP contribution in [0.4, 0.5) is 4.39 Å². The van der Waals surface area contributed by atoms with E-state index in [2.05, 4.69) is 18.4 Å². The number of fused-ring (bicyclic) bond motifs is 3. The summed E-state index contributed by atoms with van der Waals surface area (Å²) < 4.78 is 21.7. The number of hydrogen-bond donors (Lipinski definition) is 0. The number of ether oxygens (including phenoxy) is 1. The lowest BCUT2D eigenvalue weighted by molar-refractivity contribution is 0.415. The predicted molar refractivity (Wildman–Crippen MR) is 113 cm³/mol. The number of methoxy groups -OCH3 is 1. The maximum absolute atomic E-state index is 14.3. The molecule has 0 bridgehead atoms. The summed E-state index contributed by atoms with van der Waals surface area (Å²) in [5.41, 5.74) is 5.54. The van der Waals surface area contributed by atoms with Gasteiger partial charge in [-0.1, -0.05) is 32.4 Å². The molecule has 0 amide bonds. The van der Waals surface area contributed by atoms with E-state index in [1.807, 2.05) is 36.5 Å². The van der Waals surface area contributed by atoms with Gasteiger partial charge in [0.25, 0.3) is 0 Å². The van der Waals surface area contributed by atoms with Crippen molar-refractivity contribution in [2.45, 2.75) is 39.5 Å². The Morgan fingerprint density at radius 3 is 2.50 bits per heavy atom. The van der Waals surface area contributed by atoms with Crippen LogP contribution < -0.4 is 4.74 Å². The van der Waals surface area contributed by atoms with Gasteiger partial charge in [0.15, 0.2) is 0 Å². The number of rotatable bonds is 6. The normalized spacial score (nSPS) is 11.4. The molecule has 2 aromatic heterocycles. The average Bonchev–Trinajstić information content (AvgIpc) is 3.16. The lowest BCUT2D eigenvalue weighted by atomic mass is 9.93. The van der Waals surface area contributed by atoms with E-state index in [1.165, 1.54) is 11.6 Å². The van der Waals surface area contributed by atoms with Crippen molar-refractivity contribution in [2.75, 3.05) is 7.11 Å². The summed E-state index contributed by atoms with van der Waals surface area (Å²) in [5, 5.41) is 6.72. The second-order valence-corrected chi connectivity index (χ2v) is 7.13. The molecule has 2 aromatic carbocycles. The van der Waals surface area contributed by atoms with Gasteiger partial charge >= 0.3 is 0 Å². The van der Waals surface area contributed by atoms with E-state index in [0.29, 0.717) is 0 Å². The highest BCUT2D eigenvalue weighted by atomic mass is 19.1. The van der Waals surface area contributed by atoms with Gasteiger partial charge in [-0.05, 0) is 66.1 Å². The fourth-order valence-corrected chi connectivity index (χ4v) is 3.98. The van der Waals surface area contributed by atoms with Crippen LogP contribution >= 0.6 is 0 Å². The molecule has 144 valence electrons. The highest BCUT2D eigenvalue weighted by Gasteiger charge is 2.19. The van der Waals surface area contributed by atoms with Crippen LogP contribution in [0.3, 0.4) is 0 Å². The van der Waals surface area contributed by atoms with Crippen LogP contribution in [-0.2, 0) is 12.8 Å². The van der Waals surface area contributed by atoms with E-state index in [4.69, 9.17) is 9.84 Å². The standard InChI is InChI=1S/C24H25FN2O/c1-4-6-7-22-23(17-8-11-19(28-3)12-9-17)21-14-18(25)10-13-20(21)24-16(5-2)15-26-27(22)24/h8-15H,4-7H2,1-3H3. The van der Waals surface area contributed by atoms with Crippen molar-refractivity contribution in [1.29, 1.82) is 0 Å². The largest absolute Gasteiger partial charge is 0.497 e. The molecular formula is C24H25FN2O. The quantitative estimate of drug-likeness (QED) is 0.400. The molecule has 3 nitrogen and oxygen atoms in total. The fraction of sp³-hybridized carbons (Fsp3) is 0.292. The highest BCUT2D eigenvalue weighted by molar-refractivity contribution is 6.06. The Labute approximate surface area is 164 Å². The summed E-state index contributed by atoms with van der Waals surface area (Å²) in [4.78, 5) is 0. The van der Waals surface area contributed by atoms with E-state index < -0.39 is 0 Å². The predicted octanol–water partition coefficient (Wildman–Crippen LogP) is 6.21. The number of pyridine rings is 1. The number of unbranched alkanes of at least 4 members (excludes halogenated alkanes) is 1. The first-order valence-corrected chi connectivity index (χ1v) is 9.93. The van der Waals surface area contributed by atoms with Crippen molar-refractivity contribution < 1.29 is 9.13 Å². The maximum Gasteiger partial charge on any atom is 0.123 e. The van der Waals surface area contributed by atoms with Crippen molar-refractivity contribution in [2.24, 2.45) is 0 Å². The zero-order valence-corrected chi connectivity index (χ0v) is 16.6. The maximum atomic E-state index is 14.3. The summed E-state index contributed by atoms with van der Waals surface area (Å²) in [7, 11) is 1.66. The summed E-state index contributed by atoms with van der Waals surface area (Å²) >= 11 is 0. The van der Waals surface area contributed by atoms with E-state index in [1.54, 1.807) is 13.2 Å². The van der Waals surface area contributed by atoms with Gasteiger partial charge in [-0.15, -0.1) is 0 Å². The van der Waals surface area contributed by atoms with Crippen LogP contribution in [-0.4, -0.2) is 16.7 Å². The molecule has 4 aromatic rings. The number of nitrogens with zero attached hydrogens (tertiary/aromatic N) is 2. The Morgan fingerprint density at radius 1 is 1.04 bits per heavy atom. The van der Waals surface area contributed by atoms with Crippen molar-refractivity contribution in [1.82, 2.24) is 9.61 Å². The molecule has 4 heteroatoms. The number of halogens is 1. The van der Waals surface area contributed by atoms with Crippen LogP contribution in [0.2, 0.25) is 0 Å². The van der Waals surface area contributed by atoms with Crippen molar-refractivity contribution >= 4 is 16.3 Å². The van der Waals surface area contributed by atoms with E-state index in [0.717, 1.165) is 64.5 Å². The van der Waals surface area contributed by atoms with E-state index >= 15 is 0 Å². The second kappa shape index (κ2) is 7.63. The second-order valence-electron chi connectivity index (χ2n) is 7.13. The van der Waals surface area contributed by atoms with Gasteiger partial charge in [-0.3, -0.25) is 0 Å². The molecular weight excluding hydrogens is 351 g/mol. The van der Waals surface area contributed by atoms with Gasteiger partial charge in [0.1, 0.15) is 11.6 Å². The molecule has 0 atom stereocenters. The Bertz CT molecular complexity index is 1130. The molecule has 0 radical (unpaired) electrons. The highest BCUT2D eigenvalue weighted by Crippen LogP contribution is 2.37. The molecule has 0 aliphatic rings. The Morgan fingerprint density at radius 2 is 1.82 bits per heavy atom.